The number of carbonyl (C=O) groups is 1. The van der Waals surface area contributed by atoms with Crippen molar-refractivity contribution in [2.45, 2.75) is 25.7 Å². The van der Waals surface area contributed by atoms with Crippen LogP contribution >= 0.6 is 0 Å². The first-order valence-electron chi connectivity index (χ1n) is 11.7. The van der Waals surface area contributed by atoms with Crippen molar-refractivity contribution in [3.63, 3.8) is 0 Å². The van der Waals surface area contributed by atoms with Gasteiger partial charge in [0.25, 0.3) is 0 Å². The van der Waals surface area contributed by atoms with Crippen molar-refractivity contribution in [3.8, 4) is 16.9 Å². The number of esters is 1. The molecule has 1 aliphatic rings. The summed E-state index contributed by atoms with van der Waals surface area (Å²) in [6.45, 7) is 2.61. The first-order valence-corrected chi connectivity index (χ1v) is 11.7. The molecule has 0 aliphatic carbocycles. The number of rotatable bonds is 5. The lowest BCUT2D eigenvalue weighted by Gasteiger charge is -2.29. The molecule has 0 radical (unpaired) electrons. The number of hydrogen-bond acceptors (Lipinski definition) is 3. The number of carbonyl (C=O) groups excluding carboxylic acids is 1. The second-order valence-electron chi connectivity index (χ2n) is 9.01. The Morgan fingerprint density at radius 1 is 0.944 bits per heavy atom. The molecular formula is C29H25F3N2O2. The fourth-order valence-corrected chi connectivity index (χ4v) is 4.59. The van der Waals surface area contributed by atoms with Crippen LogP contribution in [-0.4, -0.2) is 22.0 Å². The van der Waals surface area contributed by atoms with Crippen LogP contribution in [0.4, 0.5) is 13.2 Å². The van der Waals surface area contributed by atoms with Gasteiger partial charge in [0.1, 0.15) is 5.75 Å². The van der Waals surface area contributed by atoms with Crippen LogP contribution < -0.4 is 4.74 Å². The van der Waals surface area contributed by atoms with Gasteiger partial charge >= 0.3 is 12.1 Å². The molecule has 4 aromatic rings. The smallest absolute Gasteiger partial charge is 0.416 e. The van der Waals surface area contributed by atoms with Crippen LogP contribution in [0.5, 0.6) is 5.75 Å². The zero-order valence-corrected chi connectivity index (χ0v) is 19.8. The van der Waals surface area contributed by atoms with Crippen molar-refractivity contribution in [3.05, 3.63) is 113 Å². The second kappa shape index (κ2) is 9.66. The molecule has 36 heavy (non-hydrogen) atoms. The van der Waals surface area contributed by atoms with E-state index in [2.05, 4.69) is 15.5 Å². The van der Waals surface area contributed by atoms with Crippen LogP contribution in [-0.2, 0) is 32.7 Å². The van der Waals surface area contributed by atoms with Gasteiger partial charge in [0.15, 0.2) is 0 Å². The summed E-state index contributed by atoms with van der Waals surface area (Å²) in [6, 6.07) is 21.4. The number of aryl methyl sites for hydroxylation is 1. The van der Waals surface area contributed by atoms with Crippen LogP contribution in [0, 0.1) is 0 Å². The fourth-order valence-electron chi connectivity index (χ4n) is 4.59. The number of aromatic nitrogens is 1. The average Bonchev–Trinajstić information content (AvgIpc) is 3.27. The maximum atomic E-state index is 13.1. The SMILES string of the molecule is Cn1cccc1CN1CCc2cc(OC(=O)c3ccccc3-c3ccc(C(F)(F)F)cc3)ccc2C1. The highest BCUT2D eigenvalue weighted by Crippen LogP contribution is 2.32. The summed E-state index contributed by atoms with van der Waals surface area (Å²) in [4.78, 5) is 15.4. The van der Waals surface area contributed by atoms with Gasteiger partial charge in [-0.25, -0.2) is 4.79 Å². The second-order valence-corrected chi connectivity index (χ2v) is 9.01. The van der Waals surface area contributed by atoms with E-state index in [0.717, 1.165) is 43.8 Å². The predicted molar refractivity (Wildman–Crippen MR) is 132 cm³/mol. The highest BCUT2D eigenvalue weighted by atomic mass is 19.4. The maximum absolute atomic E-state index is 13.1. The summed E-state index contributed by atoms with van der Waals surface area (Å²) >= 11 is 0. The number of benzene rings is 3. The quantitative estimate of drug-likeness (QED) is 0.237. The highest BCUT2D eigenvalue weighted by Gasteiger charge is 2.30. The number of ether oxygens (including phenoxy) is 1. The van der Waals surface area contributed by atoms with E-state index in [0.29, 0.717) is 22.4 Å². The van der Waals surface area contributed by atoms with E-state index >= 15 is 0 Å². The molecule has 0 spiro atoms. The number of hydrogen-bond donors (Lipinski definition) is 0. The molecule has 0 unspecified atom stereocenters. The Kier molecular flexibility index (Phi) is 6.41. The predicted octanol–water partition coefficient (Wildman–Crippen LogP) is 6.49. The lowest BCUT2D eigenvalue weighted by Crippen LogP contribution is -2.30. The zero-order valence-electron chi connectivity index (χ0n) is 19.8. The molecule has 3 aromatic carbocycles. The van der Waals surface area contributed by atoms with E-state index < -0.39 is 17.7 Å². The van der Waals surface area contributed by atoms with Gasteiger partial charge in [0.05, 0.1) is 11.1 Å². The Morgan fingerprint density at radius 3 is 2.44 bits per heavy atom. The lowest BCUT2D eigenvalue weighted by atomic mass is 9.98. The highest BCUT2D eigenvalue weighted by molar-refractivity contribution is 5.98. The Labute approximate surface area is 207 Å². The fraction of sp³-hybridized carbons (Fsp3) is 0.207. The van der Waals surface area contributed by atoms with E-state index in [1.54, 1.807) is 30.3 Å². The standard InChI is InChI=1S/C29H25F3N2O2/c1-33-15-4-5-24(33)19-34-16-14-21-17-25(13-10-22(21)18-34)36-28(35)27-7-3-2-6-26(27)20-8-11-23(12-9-20)29(30,31)32/h2-13,15,17H,14,16,18-19H2,1H3. The minimum absolute atomic E-state index is 0.295. The third-order valence-corrected chi connectivity index (χ3v) is 6.59. The zero-order chi connectivity index (χ0) is 25.3. The van der Waals surface area contributed by atoms with Crippen LogP contribution in [0.1, 0.15) is 32.7 Å². The van der Waals surface area contributed by atoms with Crippen molar-refractivity contribution < 1.29 is 22.7 Å². The van der Waals surface area contributed by atoms with Crippen molar-refractivity contribution in [2.24, 2.45) is 7.05 Å². The summed E-state index contributed by atoms with van der Waals surface area (Å²) < 4.78 is 46.6. The van der Waals surface area contributed by atoms with E-state index in [-0.39, 0.29) is 0 Å². The molecule has 5 rings (SSSR count). The topological polar surface area (TPSA) is 34.5 Å². The first-order chi connectivity index (χ1) is 17.3. The summed E-state index contributed by atoms with van der Waals surface area (Å²) in [5.41, 5.74) is 4.21. The molecule has 0 atom stereocenters. The molecule has 7 heteroatoms. The van der Waals surface area contributed by atoms with Gasteiger partial charge in [-0.1, -0.05) is 36.4 Å². The average molecular weight is 491 g/mol. The van der Waals surface area contributed by atoms with Crippen LogP contribution in [0.3, 0.4) is 0 Å². The number of nitrogens with zero attached hydrogens (tertiary/aromatic N) is 2. The minimum atomic E-state index is -4.41. The van der Waals surface area contributed by atoms with Crippen molar-refractivity contribution in [1.29, 1.82) is 0 Å². The van der Waals surface area contributed by atoms with Crippen LogP contribution in [0.15, 0.2) is 85.1 Å². The summed E-state index contributed by atoms with van der Waals surface area (Å²) in [5.74, 6) is -0.0940. The largest absolute Gasteiger partial charge is 0.423 e. The van der Waals surface area contributed by atoms with E-state index in [1.165, 1.54) is 23.4 Å². The normalized spacial score (nSPS) is 13.9. The summed E-state index contributed by atoms with van der Waals surface area (Å²) in [7, 11) is 2.05. The lowest BCUT2D eigenvalue weighted by molar-refractivity contribution is -0.137. The Morgan fingerprint density at radius 2 is 1.72 bits per heavy atom. The minimum Gasteiger partial charge on any atom is -0.423 e. The monoisotopic (exact) mass is 490 g/mol. The van der Waals surface area contributed by atoms with Crippen molar-refractivity contribution >= 4 is 5.97 Å². The Balaban J connectivity index is 1.31. The number of alkyl halides is 3. The van der Waals surface area contributed by atoms with Crippen molar-refractivity contribution in [2.75, 3.05) is 6.54 Å². The molecule has 0 amide bonds. The number of fused-ring (bicyclic) bond motifs is 1. The molecule has 1 aromatic heterocycles. The van der Waals surface area contributed by atoms with Crippen LogP contribution in [0.2, 0.25) is 0 Å². The molecule has 4 nitrogen and oxygen atoms in total. The molecule has 2 heterocycles. The molecule has 1 aliphatic heterocycles. The van der Waals surface area contributed by atoms with Gasteiger partial charge in [-0.05, 0) is 71.1 Å². The molecule has 0 saturated carbocycles. The molecular weight excluding hydrogens is 465 g/mol. The van der Waals surface area contributed by atoms with Crippen molar-refractivity contribution in [1.82, 2.24) is 9.47 Å². The van der Waals surface area contributed by atoms with E-state index in [4.69, 9.17) is 4.74 Å². The third-order valence-electron chi connectivity index (χ3n) is 6.59. The number of halogens is 3. The Bertz CT molecular complexity index is 1390. The summed E-state index contributed by atoms with van der Waals surface area (Å²) in [5, 5.41) is 0. The molecule has 0 bridgehead atoms. The third kappa shape index (κ3) is 5.06. The molecule has 0 fully saturated rings. The Hall–Kier alpha value is -3.84. The van der Waals surface area contributed by atoms with Gasteiger partial charge in [0, 0.05) is 38.6 Å². The van der Waals surface area contributed by atoms with Gasteiger partial charge in [-0.3, -0.25) is 4.90 Å². The van der Waals surface area contributed by atoms with Gasteiger partial charge in [-0.15, -0.1) is 0 Å². The molecule has 0 saturated heterocycles. The maximum Gasteiger partial charge on any atom is 0.416 e. The first kappa shape index (κ1) is 23.9. The van der Waals surface area contributed by atoms with Crippen LogP contribution in [0.25, 0.3) is 11.1 Å². The van der Waals surface area contributed by atoms with Gasteiger partial charge < -0.3 is 9.30 Å². The van der Waals surface area contributed by atoms with E-state index in [9.17, 15) is 18.0 Å². The van der Waals surface area contributed by atoms with E-state index in [1.807, 2.05) is 31.4 Å². The molecule has 0 N–H and O–H groups in total. The molecule has 184 valence electrons. The van der Waals surface area contributed by atoms with Gasteiger partial charge in [0.2, 0.25) is 0 Å². The summed E-state index contributed by atoms with van der Waals surface area (Å²) in [6.07, 6.45) is -1.52. The van der Waals surface area contributed by atoms with Gasteiger partial charge in [-0.2, -0.15) is 13.2 Å².